The number of fused-ring (bicyclic) bond motifs is 1. The van der Waals surface area contributed by atoms with Gasteiger partial charge >= 0.3 is 0 Å². The number of para-hydroxylation sites is 2. The summed E-state index contributed by atoms with van der Waals surface area (Å²) in [5, 5.41) is 6.51. The molecule has 0 spiro atoms. The Morgan fingerprint density at radius 1 is 1.19 bits per heavy atom. The molecule has 0 fully saturated rings. The second-order valence-corrected chi connectivity index (χ2v) is 5.79. The summed E-state index contributed by atoms with van der Waals surface area (Å²) in [4.78, 5) is 24.9. The van der Waals surface area contributed by atoms with Gasteiger partial charge in [0, 0.05) is 12.8 Å². The Morgan fingerprint density at radius 3 is 2.85 bits per heavy atom. The fourth-order valence-corrected chi connectivity index (χ4v) is 2.63. The molecule has 8 heteroatoms. The minimum Gasteiger partial charge on any atom is -0.339 e. The minimum absolute atomic E-state index is 0.136. The fraction of sp³-hybridized carbons (Fsp3) is 0.167. The lowest BCUT2D eigenvalue weighted by Gasteiger charge is -2.06. The SMILES string of the molecule is Cc1noc(CCC(=O)Nc2ccc(-n3cnc4ccccc43)nc2)n1. The van der Waals surface area contributed by atoms with Crippen molar-refractivity contribution in [3.05, 3.63) is 60.6 Å². The molecule has 4 aromatic rings. The number of anilines is 1. The van der Waals surface area contributed by atoms with Crippen molar-refractivity contribution in [1.82, 2.24) is 24.7 Å². The van der Waals surface area contributed by atoms with E-state index < -0.39 is 0 Å². The van der Waals surface area contributed by atoms with Crippen molar-refractivity contribution in [1.29, 1.82) is 0 Å². The van der Waals surface area contributed by atoms with Crippen LogP contribution in [0.2, 0.25) is 0 Å². The Kier molecular flexibility index (Phi) is 4.14. The van der Waals surface area contributed by atoms with E-state index in [-0.39, 0.29) is 12.3 Å². The average Bonchev–Trinajstić information content (AvgIpc) is 3.27. The number of rotatable bonds is 5. The lowest BCUT2D eigenvalue weighted by Crippen LogP contribution is -2.12. The van der Waals surface area contributed by atoms with E-state index in [4.69, 9.17) is 4.52 Å². The molecule has 0 atom stereocenters. The summed E-state index contributed by atoms with van der Waals surface area (Å²) in [7, 11) is 0. The van der Waals surface area contributed by atoms with Gasteiger partial charge < -0.3 is 9.84 Å². The fourth-order valence-electron chi connectivity index (χ4n) is 2.63. The van der Waals surface area contributed by atoms with Gasteiger partial charge in [-0.05, 0) is 31.2 Å². The van der Waals surface area contributed by atoms with Crippen LogP contribution < -0.4 is 5.32 Å². The van der Waals surface area contributed by atoms with Crippen LogP contribution in [0.4, 0.5) is 5.69 Å². The van der Waals surface area contributed by atoms with Crippen molar-refractivity contribution in [2.24, 2.45) is 0 Å². The Labute approximate surface area is 148 Å². The van der Waals surface area contributed by atoms with Crippen molar-refractivity contribution < 1.29 is 9.32 Å². The molecule has 1 aromatic carbocycles. The third-order valence-corrected chi connectivity index (χ3v) is 3.87. The van der Waals surface area contributed by atoms with Crippen LogP contribution in [0.5, 0.6) is 0 Å². The number of carbonyl (C=O) groups is 1. The van der Waals surface area contributed by atoms with Gasteiger partial charge in [-0.2, -0.15) is 4.98 Å². The molecule has 1 amide bonds. The van der Waals surface area contributed by atoms with Gasteiger partial charge in [-0.15, -0.1) is 0 Å². The number of benzene rings is 1. The van der Waals surface area contributed by atoms with Crippen molar-refractivity contribution in [3.8, 4) is 5.82 Å². The molecule has 0 aliphatic rings. The van der Waals surface area contributed by atoms with Gasteiger partial charge in [-0.3, -0.25) is 9.36 Å². The quantitative estimate of drug-likeness (QED) is 0.595. The first-order valence-corrected chi connectivity index (χ1v) is 8.16. The highest BCUT2D eigenvalue weighted by Gasteiger charge is 2.09. The highest BCUT2D eigenvalue weighted by molar-refractivity contribution is 5.90. The van der Waals surface area contributed by atoms with Gasteiger partial charge in [-0.25, -0.2) is 9.97 Å². The van der Waals surface area contributed by atoms with Crippen LogP contribution in [0.3, 0.4) is 0 Å². The number of nitrogens with zero attached hydrogens (tertiary/aromatic N) is 5. The summed E-state index contributed by atoms with van der Waals surface area (Å²) in [6.07, 6.45) is 4.02. The lowest BCUT2D eigenvalue weighted by atomic mass is 10.3. The number of hydrogen-bond acceptors (Lipinski definition) is 6. The number of aryl methyl sites for hydroxylation is 2. The Hall–Kier alpha value is -3.55. The van der Waals surface area contributed by atoms with E-state index in [1.807, 2.05) is 41.0 Å². The molecular weight excluding hydrogens is 332 g/mol. The second-order valence-electron chi connectivity index (χ2n) is 5.79. The standard InChI is InChI=1S/C18H16N6O2/c1-12-21-18(26-23-12)9-8-17(25)22-13-6-7-16(19-10-13)24-11-20-14-4-2-3-5-15(14)24/h2-7,10-11H,8-9H2,1H3,(H,22,25). The molecule has 0 aliphatic heterocycles. The predicted molar refractivity (Wildman–Crippen MR) is 94.9 cm³/mol. The van der Waals surface area contributed by atoms with Crippen LogP contribution in [0, 0.1) is 6.92 Å². The highest BCUT2D eigenvalue weighted by Crippen LogP contribution is 2.17. The summed E-state index contributed by atoms with van der Waals surface area (Å²) in [6.45, 7) is 1.74. The zero-order valence-electron chi connectivity index (χ0n) is 14.1. The molecule has 3 heterocycles. The molecule has 0 saturated heterocycles. The minimum atomic E-state index is -0.136. The van der Waals surface area contributed by atoms with Crippen LogP contribution in [-0.2, 0) is 11.2 Å². The number of hydrogen-bond donors (Lipinski definition) is 1. The van der Waals surface area contributed by atoms with E-state index >= 15 is 0 Å². The van der Waals surface area contributed by atoms with Crippen LogP contribution in [0.1, 0.15) is 18.1 Å². The van der Waals surface area contributed by atoms with Crippen LogP contribution in [0.15, 0.2) is 53.4 Å². The van der Waals surface area contributed by atoms with Crippen LogP contribution in [0.25, 0.3) is 16.9 Å². The van der Waals surface area contributed by atoms with Crippen molar-refractivity contribution in [2.75, 3.05) is 5.32 Å². The van der Waals surface area contributed by atoms with Crippen molar-refractivity contribution >= 4 is 22.6 Å². The average molecular weight is 348 g/mol. The first kappa shape index (κ1) is 15.9. The molecule has 130 valence electrons. The third-order valence-electron chi connectivity index (χ3n) is 3.87. The van der Waals surface area contributed by atoms with E-state index in [9.17, 15) is 4.79 Å². The van der Waals surface area contributed by atoms with E-state index in [0.29, 0.717) is 23.8 Å². The number of carbonyl (C=O) groups excluding carboxylic acids is 1. The van der Waals surface area contributed by atoms with Gasteiger partial charge in [0.15, 0.2) is 5.82 Å². The topological polar surface area (TPSA) is 98.7 Å². The monoisotopic (exact) mass is 348 g/mol. The van der Waals surface area contributed by atoms with Crippen LogP contribution >= 0.6 is 0 Å². The second kappa shape index (κ2) is 6.75. The normalized spacial score (nSPS) is 11.0. The molecular formula is C18H16N6O2. The van der Waals surface area contributed by atoms with Gasteiger partial charge in [0.25, 0.3) is 0 Å². The Bertz CT molecular complexity index is 1050. The van der Waals surface area contributed by atoms with E-state index in [0.717, 1.165) is 16.9 Å². The van der Waals surface area contributed by atoms with Crippen LogP contribution in [-0.4, -0.2) is 30.6 Å². The van der Waals surface area contributed by atoms with E-state index in [1.54, 1.807) is 19.4 Å². The highest BCUT2D eigenvalue weighted by atomic mass is 16.5. The molecule has 0 unspecified atom stereocenters. The molecule has 8 nitrogen and oxygen atoms in total. The number of amides is 1. The maximum atomic E-state index is 12.0. The predicted octanol–water partition coefficient (Wildman–Crippen LogP) is 2.68. The maximum Gasteiger partial charge on any atom is 0.227 e. The van der Waals surface area contributed by atoms with Crippen molar-refractivity contribution in [2.45, 2.75) is 19.8 Å². The molecule has 0 radical (unpaired) electrons. The maximum absolute atomic E-state index is 12.0. The number of aromatic nitrogens is 5. The van der Waals surface area contributed by atoms with E-state index in [1.165, 1.54) is 0 Å². The summed E-state index contributed by atoms with van der Waals surface area (Å²) in [6, 6.07) is 11.5. The molecule has 4 rings (SSSR count). The summed E-state index contributed by atoms with van der Waals surface area (Å²) in [5.74, 6) is 1.62. The molecule has 1 N–H and O–H groups in total. The van der Waals surface area contributed by atoms with Gasteiger partial charge in [0.1, 0.15) is 12.1 Å². The third kappa shape index (κ3) is 3.30. The zero-order chi connectivity index (χ0) is 17.9. The number of imidazole rings is 1. The van der Waals surface area contributed by atoms with Gasteiger partial charge in [0.05, 0.1) is 22.9 Å². The zero-order valence-corrected chi connectivity index (χ0v) is 14.1. The van der Waals surface area contributed by atoms with Crippen molar-refractivity contribution in [3.63, 3.8) is 0 Å². The summed E-state index contributed by atoms with van der Waals surface area (Å²) < 4.78 is 6.90. The number of nitrogens with one attached hydrogen (secondary N) is 1. The molecule has 0 aliphatic carbocycles. The summed E-state index contributed by atoms with van der Waals surface area (Å²) >= 11 is 0. The largest absolute Gasteiger partial charge is 0.339 e. The Balaban J connectivity index is 1.42. The van der Waals surface area contributed by atoms with E-state index in [2.05, 4.69) is 25.4 Å². The smallest absolute Gasteiger partial charge is 0.227 e. The molecule has 26 heavy (non-hydrogen) atoms. The molecule has 0 bridgehead atoms. The Morgan fingerprint density at radius 2 is 2.08 bits per heavy atom. The first-order chi connectivity index (χ1) is 12.7. The molecule has 3 aromatic heterocycles. The summed E-state index contributed by atoms with van der Waals surface area (Å²) in [5.41, 5.74) is 2.51. The van der Waals surface area contributed by atoms with Gasteiger partial charge in [0.2, 0.25) is 11.8 Å². The molecule has 0 saturated carbocycles. The lowest BCUT2D eigenvalue weighted by molar-refractivity contribution is -0.116. The van der Waals surface area contributed by atoms with Gasteiger partial charge in [-0.1, -0.05) is 17.3 Å². The number of pyridine rings is 1. The first-order valence-electron chi connectivity index (χ1n) is 8.16.